The third-order valence-electron chi connectivity index (χ3n) is 1.91. The van der Waals surface area contributed by atoms with Gasteiger partial charge in [0.25, 0.3) is 5.69 Å². The Morgan fingerprint density at radius 1 is 1.39 bits per heavy atom. The summed E-state index contributed by atoms with van der Waals surface area (Å²) < 4.78 is 4.70. The van der Waals surface area contributed by atoms with Gasteiger partial charge in [-0.25, -0.2) is 4.79 Å². The first-order valence-electron chi connectivity index (χ1n) is 5.17. The van der Waals surface area contributed by atoms with Crippen LogP contribution in [0.1, 0.15) is 13.8 Å². The van der Waals surface area contributed by atoms with Crippen LogP contribution in [-0.4, -0.2) is 23.2 Å². The van der Waals surface area contributed by atoms with Crippen molar-refractivity contribution >= 4 is 17.4 Å². The van der Waals surface area contributed by atoms with Crippen molar-refractivity contribution in [2.24, 2.45) is 5.16 Å². The molecular formula is C11H12N2O5. The Morgan fingerprint density at radius 2 is 2.00 bits per heavy atom. The van der Waals surface area contributed by atoms with E-state index in [9.17, 15) is 14.9 Å². The fraction of sp³-hybridized carbons (Fsp3) is 0.273. The van der Waals surface area contributed by atoms with Crippen molar-refractivity contribution in [2.75, 3.05) is 6.61 Å². The lowest BCUT2D eigenvalue weighted by atomic mass is 10.3. The van der Waals surface area contributed by atoms with Crippen LogP contribution in [0.4, 0.5) is 5.69 Å². The van der Waals surface area contributed by atoms with Gasteiger partial charge in [-0.15, -0.1) is 0 Å². The molecule has 1 aromatic carbocycles. The van der Waals surface area contributed by atoms with Crippen LogP contribution < -0.4 is 4.84 Å². The maximum atomic E-state index is 11.2. The topological polar surface area (TPSA) is 91.0 Å². The van der Waals surface area contributed by atoms with Gasteiger partial charge >= 0.3 is 5.97 Å². The average Bonchev–Trinajstić information content (AvgIpc) is 2.36. The highest BCUT2D eigenvalue weighted by Crippen LogP contribution is 2.17. The van der Waals surface area contributed by atoms with Gasteiger partial charge in [0.15, 0.2) is 11.5 Å². The number of esters is 1. The molecule has 0 aliphatic heterocycles. The van der Waals surface area contributed by atoms with Gasteiger partial charge in [0, 0.05) is 12.1 Å². The smallest absolute Gasteiger partial charge is 0.355 e. The molecule has 0 amide bonds. The van der Waals surface area contributed by atoms with Crippen LogP contribution in [0, 0.1) is 10.1 Å². The van der Waals surface area contributed by atoms with Gasteiger partial charge in [-0.3, -0.25) is 10.1 Å². The van der Waals surface area contributed by atoms with E-state index in [4.69, 9.17) is 9.57 Å². The number of nitro groups is 1. The summed E-state index contributed by atoms with van der Waals surface area (Å²) in [7, 11) is 0. The molecule has 7 nitrogen and oxygen atoms in total. The standard InChI is InChI=1S/C11H12N2O5/c1-3-17-11(14)8(2)12-18-10-6-4-9(5-7-10)13(15)16/h4-7H,3H2,1-2H3. The molecule has 0 aliphatic carbocycles. The van der Waals surface area contributed by atoms with Gasteiger partial charge in [-0.2, -0.15) is 0 Å². The van der Waals surface area contributed by atoms with Crippen molar-refractivity contribution in [2.45, 2.75) is 13.8 Å². The molecule has 0 saturated heterocycles. The minimum atomic E-state index is -0.570. The Hall–Kier alpha value is -2.44. The number of oxime groups is 1. The Kier molecular flexibility index (Phi) is 4.79. The lowest BCUT2D eigenvalue weighted by molar-refractivity contribution is -0.384. The second-order valence-corrected chi connectivity index (χ2v) is 3.24. The molecule has 0 aliphatic rings. The highest BCUT2D eigenvalue weighted by atomic mass is 16.6. The van der Waals surface area contributed by atoms with E-state index >= 15 is 0 Å². The van der Waals surface area contributed by atoms with Gasteiger partial charge in [0.05, 0.1) is 11.5 Å². The number of nitro benzene ring substituents is 1. The van der Waals surface area contributed by atoms with E-state index in [-0.39, 0.29) is 18.0 Å². The van der Waals surface area contributed by atoms with E-state index in [1.807, 2.05) is 0 Å². The number of hydrogen-bond acceptors (Lipinski definition) is 6. The molecule has 0 radical (unpaired) electrons. The van der Waals surface area contributed by atoms with E-state index in [1.165, 1.54) is 31.2 Å². The van der Waals surface area contributed by atoms with Crippen molar-refractivity contribution < 1.29 is 19.3 Å². The summed E-state index contributed by atoms with van der Waals surface area (Å²) in [5, 5.41) is 14.0. The maximum Gasteiger partial charge on any atom is 0.355 e. The summed E-state index contributed by atoms with van der Waals surface area (Å²) in [5.41, 5.74) is 0.0173. The van der Waals surface area contributed by atoms with Crippen molar-refractivity contribution in [1.82, 2.24) is 0 Å². The predicted octanol–water partition coefficient (Wildman–Crippen LogP) is 1.91. The summed E-state index contributed by atoms with van der Waals surface area (Å²) in [6, 6.07) is 5.34. The summed E-state index contributed by atoms with van der Waals surface area (Å²) in [6.45, 7) is 3.38. The largest absolute Gasteiger partial charge is 0.461 e. The quantitative estimate of drug-likeness (QED) is 0.345. The van der Waals surface area contributed by atoms with E-state index in [2.05, 4.69) is 5.16 Å². The predicted molar refractivity (Wildman–Crippen MR) is 63.5 cm³/mol. The molecule has 0 bridgehead atoms. The van der Waals surface area contributed by atoms with Gasteiger partial charge in [-0.1, -0.05) is 5.16 Å². The number of ether oxygens (including phenoxy) is 1. The van der Waals surface area contributed by atoms with Crippen LogP contribution in [0.2, 0.25) is 0 Å². The molecule has 1 aromatic rings. The highest BCUT2D eigenvalue weighted by molar-refractivity contribution is 6.35. The van der Waals surface area contributed by atoms with Crippen LogP contribution in [0.5, 0.6) is 5.75 Å². The third kappa shape index (κ3) is 3.85. The Morgan fingerprint density at radius 3 is 2.50 bits per heavy atom. The van der Waals surface area contributed by atoms with Crippen LogP contribution in [0.3, 0.4) is 0 Å². The number of non-ortho nitro benzene ring substituents is 1. The van der Waals surface area contributed by atoms with Crippen LogP contribution in [-0.2, 0) is 9.53 Å². The lowest BCUT2D eigenvalue weighted by Crippen LogP contribution is -2.14. The average molecular weight is 252 g/mol. The maximum absolute atomic E-state index is 11.2. The number of hydrogen-bond donors (Lipinski definition) is 0. The molecule has 0 saturated carbocycles. The van der Waals surface area contributed by atoms with Gasteiger partial charge in [-0.05, 0) is 26.0 Å². The molecule has 18 heavy (non-hydrogen) atoms. The van der Waals surface area contributed by atoms with Crippen LogP contribution in [0.25, 0.3) is 0 Å². The number of carbonyl (C=O) groups excluding carboxylic acids is 1. The second-order valence-electron chi connectivity index (χ2n) is 3.24. The molecule has 96 valence electrons. The minimum Gasteiger partial charge on any atom is -0.461 e. The fourth-order valence-electron chi connectivity index (χ4n) is 1.02. The van der Waals surface area contributed by atoms with Crippen LogP contribution in [0.15, 0.2) is 29.4 Å². The van der Waals surface area contributed by atoms with E-state index in [0.717, 1.165) is 0 Å². The molecule has 0 fully saturated rings. The zero-order chi connectivity index (χ0) is 13.5. The molecule has 0 atom stereocenters. The van der Waals surface area contributed by atoms with E-state index in [0.29, 0.717) is 5.75 Å². The fourth-order valence-corrected chi connectivity index (χ4v) is 1.02. The third-order valence-corrected chi connectivity index (χ3v) is 1.91. The van der Waals surface area contributed by atoms with Crippen molar-refractivity contribution in [1.29, 1.82) is 0 Å². The molecule has 0 spiro atoms. The Balaban J connectivity index is 2.65. The van der Waals surface area contributed by atoms with E-state index in [1.54, 1.807) is 6.92 Å². The monoisotopic (exact) mass is 252 g/mol. The van der Waals surface area contributed by atoms with Crippen molar-refractivity contribution in [3.63, 3.8) is 0 Å². The molecule has 7 heteroatoms. The first kappa shape index (κ1) is 13.6. The Bertz CT molecular complexity index is 467. The molecule has 0 N–H and O–H groups in total. The molecule has 1 rings (SSSR count). The van der Waals surface area contributed by atoms with E-state index < -0.39 is 10.9 Å². The zero-order valence-corrected chi connectivity index (χ0v) is 9.95. The highest BCUT2D eigenvalue weighted by Gasteiger charge is 2.08. The second kappa shape index (κ2) is 6.33. The Labute approximate surface area is 103 Å². The first-order chi connectivity index (χ1) is 8.54. The lowest BCUT2D eigenvalue weighted by Gasteiger charge is -2.01. The minimum absolute atomic E-state index is 0.0477. The summed E-state index contributed by atoms with van der Waals surface area (Å²) in [4.78, 5) is 26.0. The normalized spacial score (nSPS) is 10.9. The number of rotatable bonds is 5. The van der Waals surface area contributed by atoms with Gasteiger partial charge in [0.2, 0.25) is 0 Å². The number of benzene rings is 1. The SMILES string of the molecule is CCOC(=O)C(C)=NOc1ccc([N+](=O)[O-])cc1. The molecule has 0 aromatic heterocycles. The molecular weight excluding hydrogens is 240 g/mol. The first-order valence-corrected chi connectivity index (χ1v) is 5.17. The summed E-state index contributed by atoms with van der Waals surface area (Å²) >= 11 is 0. The van der Waals surface area contributed by atoms with Crippen LogP contribution >= 0.6 is 0 Å². The molecule has 0 heterocycles. The van der Waals surface area contributed by atoms with Crippen molar-refractivity contribution in [3.05, 3.63) is 34.4 Å². The summed E-state index contributed by atoms with van der Waals surface area (Å²) in [6.07, 6.45) is 0. The van der Waals surface area contributed by atoms with Gasteiger partial charge in [0.1, 0.15) is 0 Å². The van der Waals surface area contributed by atoms with Gasteiger partial charge < -0.3 is 9.57 Å². The zero-order valence-electron chi connectivity index (χ0n) is 9.95. The number of carbonyl (C=O) groups is 1. The summed E-state index contributed by atoms with van der Waals surface area (Å²) in [5.74, 6) is -0.274. The van der Waals surface area contributed by atoms with Crippen molar-refractivity contribution in [3.8, 4) is 5.75 Å². The number of nitrogens with zero attached hydrogens (tertiary/aromatic N) is 2. The molecule has 0 unspecified atom stereocenters.